The molecule has 0 aliphatic rings. The van der Waals surface area contributed by atoms with E-state index in [1.54, 1.807) is 0 Å². The van der Waals surface area contributed by atoms with E-state index >= 15 is 0 Å². The topological polar surface area (TPSA) is 28.4 Å². The summed E-state index contributed by atoms with van der Waals surface area (Å²) >= 11 is 0. The zero-order chi connectivity index (χ0) is 11.4. The van der Waals surface area contributed by atoms with Crippen LogP contribution < -0.4 is 5.32 Å². The van der Waals surface area contributed by atoms with Gasteiger partial charge in [0.1, 0.15) is 5.58 Å². The third-order valence-electron chi connectivity index (χ3n) is 2.61. The zero-order valence-corrected chi connectivity index (χ0v) is 9.86. The number of hydrogen-bond acceptors (Lipinski definition) is 3. The molecule has 0 saturated heterocycles. The van der Waals surface area contributed by atoms with Crippen LogP contribution in [0.1, 0.15) is 5.56 Å². The highest BCUT2D eigenvalue weighted by atomic mass is 16.3. The Morgan fingerprint density at radius 1 is 1.25 bits per heavy atom. The molecule has 1 aromatic heterocycles. The first-order valence-corrected chi connectivity index (χ1v) is 5.58. The number of likely N-dealkylation sites (N-methyl/N-ethyl adjacent to an activating group) is 1. The van der Waals surface area contributed by atoms with E-state index in [0.29, 0.717) is 0 Å². The van der Waals surface area contributed by atoms with Gasteiger partial charge in [-0.1, -0.05) is 18.2 Å². The minimum atomic E-state index is 0.866. The molecule has 0 bridgehead atoms. The molecule has 1 N–H and O–H groups in total. The molecule has 0 saturated carbocycles. The molecule has 0 aliphatic heterocycles. The van der Waals surface area contributed by atoms with Crippen molar-refractivity contribution in [3.05, 3.63) is 36.1 Å². The summed E-state index contributed by atoms with van der Waals surface area (Å²) in [4.78, 5) is 2.17. The maximum Gasteiger partial charge on any atom is 0.134 e. The van der Waals surface area contributed by atoms with Crippen molar-refractivity contribution >= 4 is 11.0 Å². The number of hydrogen-bond donors (Lipinski definition) is 1. The fraction of sp³-hybridized carbons (Fsp3) is 0.385. The van der Waals surface area contributed by atoms with Gasteiger partial charge in [-0.05, 0) is 20.2 Å². The molecule has 0 fully saturated rings. The standard InChI is InChI=1S/C13H18N2O/c1-15(2)8-7-14-9-11-10-16-13-6-4-3-5-12(11)13/h3-6,10,14H,7-9H2,1-2H3. The highest BCUT2D eigenvalue weighted by Crippen LogP contribution is 2.20. The lowest BCUT2D eigenvalue weighted by molar-refractivity contribution is 0.400. The van der Waals surface area contributed by atoms with Crippen molar-refractivity contribution in [1.29, 1.82) is 0 Å². The number of fused-ring (bicyclic) bond motifs is 1. The SMILES string of the molecule is CN(C)CCNCc1coc2ccccc12. The Bertz CT molecular complexity index is 448. The summed E-state index contributed by atoms with van der Waals surface area (Å²) in [6, 6.07) is 8.14. The zero-order valence-electron chi connectivity index (χ0n) is 9.86. The summed E-state index contributed by atoms with van der Waals surface area (Å²) in [6.45, 7) is 2.91. The first-order chi connectivity index (χ1) is 7.77. The Balaban J connectivity index is 1.94. The Labute approximate surface area is 96.0 Å². The number of furan rings is 1. The van der Waals surface area contributed by atoms with Gasteiger partial charge in [-0.2, -0.15) is 0 Å². The van der Waals surface area contributed by atoms with E-state index in [1.807, 2.05) is 24.5 Å². The summed E-state index contributed by atoms with van der Waals surface area (Å²) in [5.41, 5.74) is 2.20. The van der Waals surface area contributed by atoms with E-state index in [-0.39, 0.29) is 0 Å². The predicted molar refractivity (Wildman–Crippen MR) is 66.5 cm³/mol. The van der Waals surface area contributed by atoms with E-state index in [4.69, 9.17) is 4.42 Å². The summed E-state index contributed by atoms with van der Waals surface area (Å²) < 4.78 is 5.48. The molecule has 2 aromatic rings. The summed E-state index contributed by atoms with van der Waals surface area (Å²) in [7, 11) is 4.16. The van der Waals surface area contributed by atoms with Gasteiger partial charge in [0.15, 0.2) is 0 Å². The third kappa shape index (κ3) is 2.62. The molecule has 3 heteroatoms. The number of rotatable bonds is 5. The highest BCUT2D eigenvalue weighted by Gasteiger charge is 2.03. The van der Waals surface area contributed by atoms with E-state index in [1.165, 1.54) is 10.9 Å². The second-order valence-electron chi connectivity index (χ2n) is 4.24. The van der Waals surface area contributed by atoms with Crippen molar-refractivity contribution in [2.45, 2.75) is 6.54 Å². The minimum absolute atomic E-state index is 0.866. The van der Waals surface area contributed by atoms with Crippen molar-refractivity contribution in [1.82, 2.24) is 10.2 Å². The molecule has 3 nitrogen and oxygen atoms in total. The van der Waals surface area contributed by atoms with E-state index in [2.05, 4.69) is 30.4 Å². The van der Waals surface area contributed by atoms with Crippen molar-refractivity contribution in [3.63, 3.8) is 0 Å². The van der Waals surface area contributed by atoms with Gasteiger partial charge in [-0.3, -0.25) is 0 Å². The van der Waals surface area contributed by atoms with E-state index in [0.717, 1.165) is 25.2 Å². The molecule has 2 rings (SSSR count). The minimum Gasteiger partial charge on any atom is -0.464 e. The van der Waals surface area contributed by atoms with Crippen molar-refractivity contribution in [2.24, 2.45) is 0 Å². The van der Waals surface area contributed by atoms with Crippen molar-refractivity contribution in [3.8, 4) is 0 Å². The van der Waals surface area contributed by atoms with Crippen LogP contribution in [0.4, 0.5) is 0 Å². The fourth-order valence-electron chi connectivity index (χ4n) is 1.70. The van der Waals surface area contributed by atoms with Crippen LogP contribution in [0.15, 0.2) is 34.9 Å². The number of nitrogens with zero attached hydrogens (tertiary/aromatic N) is 1. The molecular formula is C13H18N2O. The monoisotopic (exact) mass is 218 g/mol. The van der Waals surface area contributed by atoms with Gasteiger partial charge in [-0.15, -0.1) is 0 Å². The average Bonchev–Trinajstić information content (AvgIpc) is 2.68. The van der Waals surface area contributed by atoms with Gasteiger partial charge in [0.05, 0.1) is 6.26 Å². The summed E-state index contributed by atoms with van der Waals surface area (Å²) in [5, 5.41) is 4.62. The Morgan fingerprint density at radius 2 is 2.06 bits per heavy atom. The van der Waals surface area contributed by atoms with Gasteiger partial charge >= 0.3 is 0 Å². The Kier molecular flexibility index (Phi) is 3.59. The molecule has 0 atom stereocenters. The molecule has 16 heavy (non-hydrogen) atoms. The second-order valence-corrected chi connectivity index (χ2v) is 4.24. The molecule has 0 spiro atoms. The van der Waals surface area contributed by atoms with Crippen LogP contribution in [0.5, 0.6) is 0 Å². The van der Waals surface area contributed by atoms with Crippen LogP contribution >= 0.6 is 0 Å². The average molecular weight is 218 g/mol. The maximum absolute atomic E-state index is 5.48. The molecule has 0 aliphatic carbocycles. The van der Waals surface area contributed by atoms with Crippen LogP contribution in [-0.4, -0.2) is 32.1 Å². The Morgan fingerprint density at radius 3 is 2.88 bits per heavy atom. The molecule has 1 aromatic carbocycles. The molecular weight excluding hydrogens is 200 g/mol. The number of nitrogens with one attached hydrogen (secondary N) is 1. The fourth-order valence-corrected chi connectivity index (χ4v) is 1.70. The largest absolute Gasteiger partial charge is 0.464 e. The normalized spacial score (nSPS) is 11.4. The predicted octanol–water partition coefficient (Wildman–Crippen LogP) is 2.08. The van der Waals surface area contributed by atoms with E-state index < -0.39 is 0 Å². The van der Waals surface area contributed by atoms with Gasteiger partial charge in [-0.25, -0.2) is 0 Å². The first-order valence-electron chi connectivity index (χ1n) is 5.58. The van der Waals surface area contributed by atoms with Crippen LogP contribution in [0.2, 0.25) is 0 Å². The lowest BCUT2D eigenvalue weighted by atomic mass is 10.2. The third-order valence-corrected chi connectivity index (χ3v) is 2.61. The van der Waals surface area contributed by atoms with Crippen LogP contribution in [-0.2, 0) is 6.54 Å². The summed E-state index contributed by atoms with van der Waals surface area (Å²) in [6.07, 6.45) is 1.84. The number of para-hydroxylation sites is 1. The lowest BCUT2D eigenvalue weighted by Gasteiger charge is -2.09. The van der Waals surface area contributed by atoms with Crippen LogP contribution in [0.3, 0.4) is 0 Å². The first kappa shape index (κ1) is 11.2. The highest BCUT2D eigenvalue weighted by molar-refractivity contribution is 5.80. The van der Waals surface area contributed by atoms with Crippen LogP contribution in [0, 0.1) is 0 Å². The Hall–Kier alpha value is -1.32. The van der Waals surface area contributed by atoms with Gasteiger partial charge < -0.3 is 14.6 Å². The quantitative estimate of drug-likeness (QED) is 0.779. The van der Waals surface area contributed by atoms with Crippen molar-refractivity contribution < 1.29 is 4.42 Å². The molecule has 0 radical (unpaired) electrons. The smallest absolute Gasteiger partial charge is 0.134 e. The van der Waals surface area contributed by atoms with Gasteiger partial charge in [0, 0.05) is 30.6 Å². The molecule has 0 unspecified atom stereocenters. The van der Waals surface area contributed by atoms with E-state index in [9.17, 15) is 0 Å². The van der Waals surface area contributed by atoms with Crippen LogP contribution in [0.25, 0.3) is 11.0 Å². The lowest BCUT2D eigenvalue weighted by Crippen LogP contribution is -2.26. The molecule has 1 heterocycles. The van der Waals surface area contributed by atoms with Gasteiger partial charge in [0.25, 0.3) is 0 Å². The van der Waals surface area contributed by atoms with Crippen molar-refractivity contribution in [2.75, 3.05) is 27.2 Å². The van der Waals surface area contributed by atoms with Gasteiger partial charge in [0.2, 0.25) is 0 Å². The second kappa shape index (κ2) is 5.14. The summed E-state index contributed by atoms with van der Waals surface area (Å²) in [5.74, 6) is 0. The molecule has 0 amide bonds. The number of benzene rings is 1. The molecule has 86 valence electrons. The maximum atomic E-state index is 5.48.